The van der Waals surface area contributed by atoms with E-state index in [0.29, 0.717) is 38.9 Å². The minimum Gasteiger partial charge on any atom is -0.455 e. The lowest BCUT2D eigenvalue weighted by molar-refractivity contribution is -0.256. The first kappa shape index (κ1) is 19.5. The fraction of sp³-hybridized carbons (Fsp3) is 0.941. The summed E-state index contributed by atoms with van der Waals surface area (Å²) in [5.74, 6) is -10.0. The Bertz CT molecular complexity index is 411. The molecular weight excluding hydrogens is 328 g/mol. The average molecular weight is 354 g/mol. The number of carbonyl (C=O) groups excluding carboxylic acids is 1. The number of alkyl halides is 4. The van der Waals surface area contributed by atoms with Crippen molar-refractivity contribution in [1.82, 2.24) is 0 Å². The molecule has 0 N–H and O–H groups in total. The zero-order valence-corrected chi connectivity index (χ0v) is 14.0. The van der Waals surface area contributed by atoms with Gasteiger partial charge in [0, 0.05) is 20.1 Å². The average Bonchev–Trinajstić information content (AvgIpc) is 2.55. The van der Waals surface area contributed by atoms with Crippen LogP contribution in [0.5, 0.6) is 0 Å². The maximum atomic E-state index is 14.2. The summed E-state index contributed by atoms with van der Waals surface area (Å²) in [5.41, 5.74) is 0. The van der Waals surface area contributed by atoms with Gasteiger partial charge in [0.05, 0.1) is 5.92 Å². The van der Waals surface area contributed by atoms with Crippen molar-refractivity contribution in [3.63, 3.8) is 0 Å². The highest BCUT2D eigenvalue weighted by molar-refractivity contribution is 5.72. The molecule has 1 saturated heterocycles. The minimum absolute atomic E-state index is 0.179. The van der Waals surface area contributed by atoms with E-state index in [9.17, 15) is 22.4 Å². The van der Waals surface area contributed by atoms with Crippen molar-refractivity contribution < 1.29 is 31.8 Å². The SMILES string of the molecule is CC(F)(F)C(F)(F)C(CC1CCOCC1)OC(=O)C1CCCCC1. The van der Waals surface area contributed by atoms with Crippen molar-refractivity contribution in [2.75, 3.05) is 13.2 Å². The predicted molar refractivity (Wildman–Crippen MR) is 80.2 cm³/mol. The number of halogens is 4. The number of hydrogen-bond donors (Lipinski definition) is 0. The van der Waals surface area contributed by atoms with E-state index in [0.717, 1.165) is 19.3 Å². The first-order valence-corrected chi connectivity index (χ1v) is 8.75. The molecule has 2 aliphatic rings. The van der Waals surface area contributed by atoms with Crippen molar-refractivity contribution in [2.24, 2.45) is 11.8 Å². The summed E-state index contributed by atoms with van der Waals surface area (Å²) < 4.78 is 65.4. The summed E-state index contributed by atoms with van der Waals surface area (Å²) in [6, 6.07) is 0. The smallest absolute Gasteiger partial charge is 0.345 e. The van der Waals surface area contributed by atoms with Crippen LogP contribution in [-0.2, 0) is 14.3 Å². The van der Waals surface area contributed by atoms with Gasteiger partial charge in [-0.05, 0) is 38.0 Å². The zero-order valence-electron chi connectivity index (χ0n) is 14.0. The highest BCUT2D eigenvalue weighted by atomic mass is 19.3. The van der Waals surface area contributed by atoms with Gasteiger partial charge >= 0.3 is 17.8 Å². The standard InChI is InChI=1S/C17H26F4O3/c1-16(18,19)17(20,21)14(11-12-7-9-23-10-8-12)24-15(22)13-5-3-2-4-6-13/h12-14H,2-11H2,1H3. The number of carbonyl (C=O) groups is 1. The zero-order chi connectivity index (χ0) is 17.8. The molecule has 0 aromatic heterocycles. The summed E-state index contributed by atoms with van der Waals surface area (Å²) >= 11 is 0. The van der Waals surface area contributed by atoms with Crippen molar-refractivity contribution in [3.8, 4) is 0 Å². The van der Waals surface area contributed by atoms with Gasteiger partial charge in [0.2, 0.25) is 0 Å². The van der Waals surface area contributed by atoms with E-state index in [2.05, 4.69) is 0 Å². The largest absolute Gasteiger partial charge is 0.455 e. The Kier molecular flexibility index (Phi) is 6.51. The molecule has 0 aromatic rings. The monoisotopic (exact) mass is 354 g/mol. The molecule has 7 heteroatoms. The van der Waals surface area contributed by atoms with E-state index in [1.54, 1.807) is 0 Å². The van der Waals surface area contributed by atoms with Gasteiger partial charge in [-0.1, -0.05) is 19.3 Å². The van der Waals surface area contributed by atoms with Gasteiger partial charge in [0.15, 0.2) is 6.10 Å². The lowest BCUT2D eigenvalue weighted by Gasteiger charge is -2.35. The summed E-state index contributed by atoms with van der Waals surface area (Å²) in [5, 5.41) is 0. The fourth-order valence-corrected chi connectivity index (χ4v) is 3.41. The molecule has 2 fully saturated rings. The van der Waals surface area contributed by atoms with E-state index in [1.807, 2.05) is 0 Å². The molecule has 1 saturated carbocycles. The molecule has 1 atom stereocenters. The van der Waals surface area contributed by atoms with Gasteiger partial charge in [-0.25, -0.2) is 8.78 Å². The molecule has 2 rings (SSSR count). The first-order chi connectivity index (χ1) is 11.2. The molecular formula is C17H26F4O3. The number of esters is 1. The molecule has 0 aromatic carbocycles. The number of hydrogen-bond acceptors (Lipinski definition) is 3. The summed E-state index contributed by atoms with van der Waals surface area (Å²) in [7, 11) is 0. The highest BCUT2D eigenvalue weighted by Crippen LogP contribution is 2.41. The van der Waals surface area contributed by atoms with Crippen LogP contribution >= 0.6 is 0 Å². The second-order valence-corrected chi connectivity index (χ2v) is 7.06. The van der Waals surface area contributed by atoms with Crippen molar-refractivity contribution in [3.05, 3.63) is 0 Å². The van der Waals surface area contributed by atoms with E-state index in [4.69, 9.17) is 9.47 Å². The van der Waals surface area contributed by atoms with Gasteiger partial charge < -0.3 is 9.47 Å². The Labute approximate surface area is 140 Å². The van der Waals surface area contributed by atoms with Crippen LogP contribution in [-0.4, -0.2) is 37.1 Å². The van der Waals surface area contributed by atoms with Crippen molar-refractivity contribution in [2.45, 2.75) is 76.2 Å². The van der Waals surface area contributed by atoms with Crippen LogP contribution in [0, 0.1) is 11.8 Å². The quantitative estimate of drug-likeness (QED) is 0.517. The Morgan fingerprint density at radius 2 is 1.67 bits per heavy atom. The number of rotatable bonds is 6. The minimum atomic E-state index is -4.38. The van der Waals surface area contributed by atoms with Gasteiger partial charge in [-0.3, -0.25) is 4.79 Å². The van der Waals surface area contributed by atoms with Crippen LogP contribution in [0.25, 0.3) is 0 Å². The second kappa shape index (κ2) is 8.02. The second-order valence-electron chi connectivity index (χ2n) is 7.06. The van der Waals surface area contributed by atoms with Crippen molar-refractivity contribution >= 4 is 5.97 Å². The third-order valence-electron chi connectivity index (χ3n) is 5.07. The number of ether oxygens (including phenoxy) is 2. The van der Waals surface area contributed by atoms with Crippen LogP contribution in [0.4, 0.5) is 17.6 Å². The van der Waals surface area contributed by atoms with Crippen LogP contribution in [0.3, 0.4) is 0 Å². The Hall–Kier alpha value is -0.850. The van der Waals surface area contributed by atoms with Crippen LogP contribution in [0.15, 0.2) is 0 Å². The van der Waals surface area contributed by atoms with Crippen LogP contribution in [0.2, 0.25) is 0 Å². The van der Waals surface area contributed by atoms with E-state index in [-0.39, 0.29) is 19.3 Å². The Balaban J connectivity index is 2.07. The predicted octanol–water partition coefficient (Wildman–Crippen LogP) is 4.59. The summed E-state index contributed by atoms with van der Waals surface area (Å²) in [6.45, 7) is 1.02. The lowest BCUT2D eigenvalue weighted by Crippen LogP contribution is -2.51. The maximum Gasteiger partial charge on any atom is 0.345 e. The van der Waals surface area contributed by atoms with Gasteiger partial charge in [-0.15, -0.1) is 0 Å². The Morgan fingerprint density at radius 3 is 2.21 bits per heavy atom. The Morgan fingerprint density at radius 1 is 1.08 bits per heavy atom. The molecule has 1 aliphatic carbocycles. The van der Waals surface area contributed by atoms with E-state index in [1.165, 1.54) is 0 Å². The molecule has 0 bridgehead atoms. The highest BCUT2D eigenvalue weighted by Gasteiger charge is 2.60. The fourth-order valence-electron chi connectivity index (χ4n) is 3.41. The third kappa shape index (κ3) is 4.83. The maximum absolute atomic E-state index is 14.2. The van der Waals surface area contributed by atoms with E-state index >= 15 is 0 Å². The molecule has 0 spiro atoms. The summed E-state index contributed by atoms with van der Waals surface area (Å²) in [6.07, 6.45) is 2.53. The molecule has 0 radical (unpaired) electrons. The summed E-state index contributed by atoms with van der Waals surface area (Å²) in [4.78, 5) is 12.2. The molecule has 1 aliphatic heterocycles. The lowest BCUT2D eigenvalue weighted by atomic mass is 9.88. The van der Waals surface area contributed by atoms with Gasteiger partial charge in [0.25, 0.3) is 0 Å². The topological polar surface area (TPSA) is 35.5 Å². The van der Waals surface area contributed by atoms with Crippen LogP contribution in [0.1, 0.15) is 58.3 Å². The molecule has 1 unspecified atom stereocenters. The first-order valence-electron chi connectivity index (χ1n) is 8.75. The van der Waals surface area contributed by atoms with Crippen LogP contribution < -0.4 is 0 Å². The molecule has 140 valence electrons. The van der Waals surface area contributed by atoms with E-state index < -0.39 is 29.8 Å². The molecule has 1 heterocycles. The molecule has 0 amide bonds. The van der Waals surface area contributed by atoms with Gasteiger partial charge in [0.1, 0.15) is 0 Å². The molecule has 3 nitrogen and oxygen atoms in total. The van der Waals surface area contributed by atoms with Gasteiger partial charge in [-0.2, -0.15) is 8.78 Å². The molecule has 24 heavy (non-hydrogen) atoms. The van der Waals surface area contributed by atoms with Crippen molar-refractivity contribution in [1.29, 1.82) is 0 Å². The normalized spacial score (nSPS) is 23.0. The third-order valence-corrected chi connectivity index (χ3v) is 5.07.